The van der Waals surface area contributed by atoms with E-state index < -0.39 is 15.1 Å². The number of nitrogens with zero attached hydrogens (tertiary/aromatic N) is 3. The molecule has 0 spiro atoms. The summed E-state index contributed by atoms with van der Waals surface area (Å²) in [5.41, 5.74) is 1.56. The predicted molar refractivity (Wildman–Crippen MR) is 116 cm³/mol. The molecule has 0 atom stereocenters. The van der Waals surface area contributed by atoms with Gasteiger partial charge in [-0.05, 0) is 50.8 Å². The maximum Gasteiger partial charge on any atom is 0.219 e. The van der Waals surface area contributed by atoms with Gasteiger partial charge in [-0.15, -0.1) is 0 Å². The minimum absolute atomic E-state index is 0.144. The molecule has 1 fully saturated rings. The van der Waals surface area contributed by atoms with Crippen LogP contribution in [0, 0.1) is 5.92 Å². The molecule has 29 heavy (non-hydrogen) atoms. The normalized spacial score (nSPS) is 16.7. The van der Waals surface area contributed by atoms with E-state index in [1.165, 1.54) is 0 Å². The molecule has 0 N–H and O–H groups in total. The van der Waals surface area contributed by atoms with E-state index in [4.69, 9.17) is 4.98 Å². The van der Waals surface area contributed by atoms with Crippen LogP contribution in [0.3, 0.4) is 0 Å². The van der Waals surface area contributed by atoms with Crippen LogP contribution in [-0.2, 0) is 26.6 Å². The summed E-state index contributed by atoms with van der Waals surface area (Å²) in [7, 11) is -3.34. The topological polar surface area (TPSA) is 72.3 Å². The van der Waals surface area contributed by atoms with E-state index in [1.807, 2.05) is 11.0 Å². The van der Waals surface area contributed by atoms with Crippen molar-refractivity contribution in [1.82, 2.24) is 14.5 Å². The van der Waals surface area contributed by atoms with Crippen molar-refractivity contribution in [3.63, 3.8) is 0 Å². The van der Waals surface area contributed by atoms with Crippen LogP contribution in [0.2, 0.25) is 0 Å². The lowest BCUT2D eigenvalue weighted by atomic mass is 9.93. The summed E-state index contributed by atoms with van der Waals surface area (Å²) in [6, 6.07) is 5.33. The fraction of sp³-hybridized carbons (Fsp3) is 0.636. The van der Waals surface area contributed by atoms with Crippen LogP contribution in [0.15, 0.2) is 23.1 Å². The van der Waals surface area contributed by atoms with Crippen LogP contribution >= 0.6 is 0 Å². The molecule has 0 unspecified atom stereocenters. The number of hydrogen-bond donors (Lipinski definition) is 0. The van der Waals surface area contributed by atoms with Gasteiger partial charge in [0.25, 0.3) is 0 Å². The van der Waals surface area contributed by atoms with Crippen LogP contribution in [0.4, 0.5) is 0 Å². The average molecular weight is 420 g/mol. The van der Waals surface area contributed by atoms with E-state index in [-0.39, 0.29) is 11.3 Å². The zero-order valence-corrected chi connectivity index (χ0v) is 19.2. The first-order chi connectivity index (χ1) is 13.4. The average Bonchev–Trinajstić information content (AvgIpc) is 3.00. The van der Waals surface area contributed by atoms with Gasteiger partial charge in [0.1, 0.15) is 5.82 Å². The van der Waals surface area contributed by atoms with Crippen LogP contribution in [0.5, 0.6) is 0 Å². The van der Waals surface area contributed by atoms with Crippen molar-refractivity contribution in [2.75, 3.05) is 13.1 Å². The number of carbonyl (C=O) groups is 1. The van der Waals surface area contributed by atoms with E-state index in [0.717, 1.165) is 49.3 Å². The first-order valence-corrected chi connectivity index (χ1v) is 12.0. The number of imidazole rings is 1. The van der Waals surface area contributed by atoms with E-state index in [2.05, 4.69) is 25.3 Å². The second-order valence-electron chi connectivity index (χ2n) is 9.49. The van der Waals surface area contributed by atoms with Crippen molar-refractivity contribution in [3.8, 4) is 0 Å². The summed E-state index contributed by atoms with van der Waals surface area (Å²) in [5.74, 6) is 1.59. The summed E-state index contributed by atoms with van der Waals surface area (Å²) < 4.78 is 27.5. The van der Waals surface area contributed by atoms with Crippen molar-refractivity contribution in [2.45, 2.75) is 76.5 Å². The van der Waals surface area contributed by atoms with E-state index in [0.29, 0.717) is 10.8 Å². The van der Waals surface area contributed by atoms with E-state index in [9.17, 15) is 13.2 Å². The van der Waals surface area contributed by atoms with Gasteiger partial charge in [-0.25, -0.2) is 13.4 Å². The molecule has 1 aliphatic rings. The molecule has 0 bridgehead atoms. The summed E-state index contributed by atoms with van der Waals surface area (Å²) in [4.78, 5) is 18.7. The number of piperidine rings is 1. The van der Waals surface area contributed by atoms with Gasteiger partial charge in [0.2, 0.25) is 5.91 Å². The highest BCUT2D eigenvalue weighted by Crippen LogP contribution is 2.31. The van der Waals surface area contributed by atoms with E-state index >= 15 is 0 Å². The molecule has 2 aromatic rings. The molecule has 160 valence electrons. The molecule has 1 saturated heterocycles. The summed E-state index contributed by atoms with van der Waals surface area (Å²) in [5, 5.41) is -0.462. The smallest absolute Gasteiger partial charge is 0.219 e. The molecule has 1 aliphatic heterocycles. The molecule has 6 nitrogen and oxygen atoms in total. The Morgan fingerprint density at radius 2 is 1.83 bits per heavy atom. The van der Waals surface area contributed by atoms with Crippen LogP contribution in [0.25, 0.3) is 11.0 Å². The second kappa shape index (κ2) is 7.74. The first kappa shape index (κ1) is 21.8. The zero-order valence-electron chi connectivity index (χ0n) is 18.4. The minimum atomic E-state index is -3.34. The van der Waals surface area contributed by atoms with Crippen molar-refractivity contribution in [3.05, 3.63) is 24.0 Å². The fourth-order valence-electron chi connectivity index (χ4n) is 4.00. The largest absolute Gasteiger partial charge is 0.343 e. The van der Waals surface area contributed by atoms with Gasteiger partial charge in [-0.2, -0.15) is 0 Å². The van der Waals surface area contributed by atoms with Gasteiger partial charge < -0.3 is 9.47 Å². The Morgan fingerprint density at radius 1 is 1.21 bits per heavy atom. The Hall–Kier alpha value is -1.89. The van der Waals surface area contributed by atoms with Crippen LogP contribution in [0.1, 0.15) is 60.2 Å². The minimum Gasteiger partial charge on any atom is -0.343 e. The molecule has 0 saturated carbocycles. The van der Waals surface area contributed by atoms with Crippen molar-refractivity contribution in [1.29, 1.82) is 0 Å². The van der Waals surface area contributed by atoms with Crippen molar-refractivity contribution >= 4 is 26.8 Å². The summed E-state index contributed by atoms with van der Waals surface area (Å²) >= 11 is 0. The SMILES string of the molecule is CC(=O)N1CCC(Cn2c(C(C)(C)C)nc3cc(S(=O)(=O)C(C)C)ccc32)CC1. The molecule has 1 amide bonds. The number of benzene rings is 1. The second-order valence-corrected chi connectivity index (χ2v) is 12.0. The third-order valence-corrected chi connectivity index (χ3v) is 7.99. The lowest BCUT2D eigenvalue weighted by Crippen LogP contribution is -2.38. The van der Waals surface area contributed by atoms with Gasteiger partial charge in [0.15, 0.2) is 9.84 Å². The van der Waals surface area contributed by atoms with E-state index in [1.54, 1.807) is 32.9 Å². The first-order valence-electron chi connectivity index (χ1n) is 10.4. The van der Waals surface area contributed by atoms with Gasteiger partial charge in [-0.3, -0.25) is 4.79 Å². The number of sulfone groups is 1. The number of amides is 1. The number of rotatable bonds is 4. The highest BCUT2D eigenvalue weighted by Gasteiger charge is 2.28. The molecule has 3 rings (SSSR count). The number of hydrogen-bond acceptors (Lipinski definition) is 4. The highest BCUT2D eigenvalue weighted by molar-refractivity contribution is 7.92. The molecular weight excluding hydrogens is 386 g/mol. The van der Waals surface area contributed by atoms with Gasteiger partial charge in [-0.1, -0.05) is 20.8 Å². The van der Waals surface area contributed by atoms with Gasteiger partial charge >= 0.3 is 0 Å². The lowest BCUT2D eigenvalue weighted by molar-refractivity contribution is -0.130. The quantitative estimate of drug-likeness (QED) is 0.756. The lowest BCUT2D eigenvalue weighted by Gasteiger charge is -2.32. The third-order valence-electron chi connectivity index (χ3n) is 5.84. The molecular formula is C22H33N3O3S. The maximum atomic E-state index is 12.6. The molecule has 1 aromatic carbocycles. The van der Waals surface area contributed by atoms with Crippen LogP contribution in [-0.4, -0.2) is 47.1 Å². The Balaban J connectivity index is 1.98. The zero-order chi connectivity index (χ0) is 21.6. The Labute approximate surface area is 174 Å². The Bertz CT molecular complexity index is 1010. The number of fused-ring (bicyclic) bond motifs is 1. The predicted octanol–water partition coefficient (Wildman–Crippen LogP) is 3.77. The number of likely N-dealkylation sites (tertiary alicyclic amines) is 1. The van der Waals surface area contributed by atoms with Crippen molar-refractivity contribution < 1.29 is 13.2 Å². The maximum absolute atomic E-state index is 12.6. The highest BCUT2D eigenvalue weighted by atomic mass is 32.2. The van der Waals surface area contributed by atoms with Gasteiger partial charge in [0.05, 0.1) is 21.2 Å². The van der Waals surface area contributed by atoms with Crippen molar-refractivity contribution in [2.24, 2.45) is 5.92 Å². The van der Waals surface area contributed by atoms with Crippen LogP contribution < -0.4 is 0 Å². The standard InChI is InChI=1S/C22H33N3O3S/c1-15(2)29(27,28)18-7-8-20-19(13-18)23-21(22(4,5)6)25(20)14-17-9-11-24(12-10-17)16(3)26/h7-8,13,15,17H,9-12,14H2,1-6H3. The molecule has 7 heteroatoms. The Morgan fingerprint density at radius 3 is 2.34 bits per heavy atom. The summed E-state index contributed by atoms with van der Waals surface area (Å²) in [6.45, 7) is 13.9. The molecule has 1 aromatic heterocycles. The summed E-state index contributed by atoms with van der Waals surface area (Å²) in [6.07, 6.45) is 1.95. The number of aromatic nitrogens is 2. The Kier molecular flexibility index (Phi) is 5.82. The van der Waals surface area contributed by atoms with Gasteiger partial charge in [0, 0.05) is 32.0 Å². The monoisotopic (exact) mass is 419 g/mol. The molecule has 0 aliphatic carbocycles. The third kappa shape index (κ3) is 4.34. The fourth-order valence-corrected chi connectivity index (χ4v) is 5.08. The number of carbonyl (C=O) groups excluding carboxylic acids is 1. The molecule has 2 heterocycles. The molecule has 0 radical (unpaired) electrons.